The van der Waals surface area contributed by atoms with Crippen LogP contribution in [0.3, 0.4) is 0 Å². The number of benzene rings is 2. The molecule has 0 nitrogen and oxygen atoms in total. The van der Waals surface area contributed by atoms with Crippen molar-refractivity contribution >= 4 is 16.8 Å². The van der Waals surface area contributed by atoms with Crippen LogP contribution in [0.15, 0.2) is 36.4 Å². The van der Waals surface area contributed by atoms with Gasteiger partial charge in [-0.1, -0.05) is 62.8 Å². The number of aryl methyl sites for hydroxylation is 1. The van der Waals surface area contributed by atoms with E-state index in [1.54, 1.807) is 5.56 Å². The molecule has 0 heteroatoms. The van der Waals surface area contributed by atoms with Crippen molar-refractivity contribution in [3.05, 3.63) is 53.1 Å². The molecular formula is C18H20. The standard InChI is InChI=1S/C18H20/c1-3-6-18-16-8-5-4-7-14(16)12-15-11-13(2)9-10-17(15)18/h4-5,7-10,12-13H,3,6,11H2,1-2H3. The van der Waals surface area contributed by atoms with Gasteiger partial charge in [0.1, 0.15) is 0 Å². The summed E-state index contributed by atoms with van der Waals surface area (Å²) in [5, 5.41) is 2.85. The Morgan fingerprint density at radius 2 is 2.06 bits per heavy atom. The average Bonchev–Trinajstić information content (AvgIpc) is 2.38. The lowest BCUT2D eigenvalue weighted by molar-refractivity contribution is 0.716. The normalized spacial score (nSPS) is 18.0. The number of allylic oxidation sites excluding steroid dienone is 1. The van der Waals surface area contributed by atoms with Gasteiger partial charge in [-0.25, -0.2) is 0 Å². The van der Waals surface area contributed by atoms with Crippen molar-refractivity contribution in [2.45, 2.75) is 33.1 Å². The highest BCUT2D eigenvalue weighted by Crippen LogP contribution is 2.32. The van der Waals surface area contributed by atoms with E-state index in [1.807, 2.05) is 0 Å². The van der Waals surface area contributed by atoms with Crippen molar-refractivity contribution in [2.24, 2.45) is 5.92 Å². The smallest absolute Gasteiger partial charge is 0.0146 e. The van der Waals surface area contributed by atoms with Gasteiger partial charge in [0.25, 0.3) is 0 Å². The molecule has 2 aromatic rings. The van der Waals surface area contributed by atoms with Gasteiger partial charge in [-0.05, 0) is 46.2 Å². The van der Waals surface area contributed by atoms with E-state index in [1.165, 1.54) is 41.2 Å². The van der Waals surface area contributed by atoms with Gasteiger partial charge in [-0.3, -0.25) is 0 Å². The predicted octanol–water partition coefficient (Wildman–Crippen LogP) is 5.00. The van der Waals surface area contributed by atoms with Crippen molar-refractivity contribution in [3.8, 4) is 0 Å². The van der Waals surface area contributed by atoms with Crippen molar-refractivity contribution in [2.75, 3.05) is 0 Å². The Labute approximate surface area is 109 Å². The molecule has 0 saturated heterocycles. The Hall–Kier alpha value is -1.56. The SMILES string of the molecule is CCCc1c2c(cc3ccccc13)CC(C)C=C2. The van der Waals surface area contributed by atoms with Crippen LogP contribution in [0.1, 0.15) is 37.0 Å². The zero-order valence-electron chi connectivity index (χ0n) is 11.2. The quantitative estimate of drug-likeness (QED) is 0.688. The molecule has 92 valence electrons. The number of fused-ring (bicyclic) bond motifs is 2. The van der Waals surface area contributed by atoms with Gasteiger partial charge < -0.3 is 0 Å². The van der Waals surface area contributed by atoms with E-state index in [-0.39, 0.29) is 0 Å². The Morgan fingerprint density at radius 3 is 2.89 bits per heavy atom. The molecule has 3 rings (SSSR count). The molecule has 0 aromatic heterocycles. The first-order valence-electron chi connectivity index (χ1n) is 7.01. The third-order valence-corrected chi connectivity index (χ3v) is 3.92. The van der Waals surface area contributed by atoms with Crippen molar-refractivity contribution in [1.82, 2.24) is 0 Å². The molecule has 0 fully saturated rings. The third-order valence-electron chi connectivity index (χ3n) is 3.92. The van der Waals surface area contributed by atoms with Crippen LogP contribution in [0.2, 0.25) is 0 Å². The molecule has 2 aromatic carbocycles. The minimum Gasteiger partial charge on any atom is -0.0807 e. The third kappa shape index (κ3) is 1.86. The minimum absolute atomic E-state index is 0.674. The Balaban J connectivity index is 2.30. The molecular weight excluding hydrogens is 216 g/mol. The molecule has 18 heavy (non-hydrogen) atoms. The molecule has 0 bridgehead atoms. The van der Waals surface area contributed by atoms with E-state index < -0.39 is 0 Å². The molecule has 1 unspecified atom stereocenters. The van der Waals surface area contributed by atoms with Crippen LogP contribution in [0, 0.1) is 5.92 Å². The Morgan fingerprint density at radius 1 is 1.22 bits per heavy atom. The van der Waals surface area contributed by atoms with E-state index in [9.17, 15) is 0 Å². The van der Waals surface area contributed by atoms with Gasteiger partial charge in [-0.2, -0.15) is 0 Å². The fourth-order valence-electron chi connectivity index (χ4n) is 3.07. The molecule has 1 aliphatic rings. The van der Waals surface area contributed by atoms with Gasteiger partial charge >= 0.3 is 0 Å². The molecule has 0 amide bonds. The molecule has 1 atom stereocenters. The number of hydrogen-bond donors (Lipinski definition) is 0. The van der Waals surface area contributed by atoms with Crippen molar-refractivity contribution in [3.63, 3.8) is 0 Å². The molecule has 0 saturated carbocycles. The zero-order valence-corrected chi connectivity index (χ0v) is 11.2. The van der Waals surface area contributed by atoms with Crippen LogP contribution in [0.5, 0.6) is 0 Å². The topological polar surface area (TPSA) is 0 Å². The summed E-state index contributed by atoms with van der Waals surface area (Å²) in [5.74, 6) is 0.674. The summed E-state index contributed by atoms with van der Waals surface area (Å²) in [4.78, 5) is 0. The monoisotopic (exact) mass is 236 g/mol. The first-order chi connectivity index (χ1) is 8.79. The number of hydrogen-bond acceptors (Lipinski definition) is 0. The van der Waals surface area contributed by atoms with Crippen LogP contribution >= 0.6 is 0 Å². The van der Waals surface area contributed by atoms with Gasteiger partial charge in [0.05, 0.1) is 0 Å². The molecule has 1 aliphatic carbocycles. The second-order valence-corrected chi connectivity index (χ2v) is 5.44. The summed E-state index contributed by atoms with van der Waals surface area (Å²) in [6.45, 7) is 4.57. The summed E-state index contributed by atoms with van der Waals surface area (Å²) in [6.07, 6.45) is 8.29. The van der Waals surface area contributed by atoms with Crippen LogP contribution in [-0.4, -0.2) is 0 Å². The summed E-state index contributed by atoms with van der Waals surface area (Å²) in [7, 11) is 0. The summed E-state index contributed by atoms with van der Waals surface area (Å²) in [5.41, 5.74) is 4.58. The highest BCUT2D eigenvalue weighted by atomic mass is 14.2. The lowest BCUT2D eigenvalue weighted by Gasteiger charge is -2.21. The second kappa shape index (κ2) is 4.61. The van der Waals surface area contributed by atoms with Crippen LogP contribution < -0.4 is 0 Å². The number of rotatable bonds is 2. The highest BCUT2D eigenvalue weighted by Gasteiger charge is 2.15. The van der Waals surface area contributed by atoms with E-state index in [0.29, 0.717) is 5.92 Å². The average molecular weight is 236 g/mol. The molecule has 0 aliphatic heterocycles. The van der Waals surface area contributed by atoms with Gasteiger partial charge in [0, 0.05) is 0 Å². The zero-order chi connectivity index (χ0) is 12.5. The van der Waals surface area contributed by atoms with Gasteiger partial charge in [0.2, 0.25) is 0 Å². The van der Waals surface area contributed by atoms with E-state index >= 15 is 0 Å². The minimum atomic E-state index is 0.674. The lowest BCUT2D eigenvalue weighted by atomic mass is 9.84. The molecule has 0 N–H and O–H groups in total. The summed E-state index contributed by atoms with van der Waals surface area (Å²) < 4.78 is 0. The van der Waals surface area contributed by atoms with Crippen LogP contribution in [0.4, 0.5) is 0 Å². The maximum absolute atomic E-state index is 2.39. The first-order valence-corrected chi connectivity index (χ1v) is 7.01. The summed E-state index contributed by atoms with van der Waals surface area (Å²) in [6, 6.07) is 11.2. The van der Waals surface area contributed by atoms with Crippen molar-refractivity contribution in [1.29, 1.82) is 0 Å². The van der Waals surface area contributed by atoms with E-state index in [4.69, 9.17) is 0 Å². The fraction of sp³-hybridized carbons (Fsp3) is 0.333. The Kier molecular flexibility index (Phi) is 2.95. The predicted molar refractivity (Wildman–Crippen MR) is 79.8 cm³/mol. The first kappa shape index (κ1) is 11.5. The van der Waals surface area contributed by atoms with Crippen molar-refractivity contribution < 1.29 is 0 Å². The van der Waals surface area contributed by atoms with E-state index in [0.717, 1.165) is 0 Å². The highest BCUT2D eigenvalue weighted by molar-refractivity contribution is 5.90. The maximum Gasteiger partial charge on any atom is -0.0146 e. The molecule has 0 radical (unpaired) electrons. The van der Waals surface area contributed by atoms with Crippen LogP contribution in [0.25, 0.3) is 16.8 Å². The van der Waals surface area contributed by atoms with Gasteiger partial charge in [-0.15, -0.1) is 0 Å². The Bertz CT molecular complexity index is 605. The molecule has 0 heterocycles. The fourth-order valence-corrected chi connectivity index (χ4v) is 3.07. The lowest BCUT2D eigenvalue weighted by Crippen LogP contribution is -2.06. The second-order valence-electron chi connectivity index (χ2n) is 5.44. The largest absolute Gasteiger partial charge is 0.0807 e. The molecule has 0 spiro atoms. The summed E-state index contributed by atoms with van der Waals surface area (Å²) >= 11 is 0. The van der Waals surface area contributed by atoms with Gasteiger partial charge in [0.15, 0.2) is 0 Å². The maximum atomic E-state index is 2.39. The van der Waals surface area contributed by atoms with Crippen LogP contribution in [-0.2, 0) is 12.8 Å². The van der Waals surface area contributed by atoms with E-state index in [2.05, 4.69) is 56.3 Å².